The molecule has 1 N–H and O–H groups in total. The molecule has 1 heterocycles. The smallest absolute Gasteiger partial charge is 0.138 e. The van der Waals surface area contributed by atoms with Gasteiger partial charge in [0.1, 0.15) is 24.3 Å². The van der Waals surface area contributed by atoms with Gasteiger partial charge >= 0.3 is 0 Å². The summed E-state index contributed by atoms with van der Waals surface area (Å²) in [4.78, 5) is 4.57. The Labute approximate surface area is 146 Å². The van der Waals surface area contributed by atoms with Gasteiger partial charge in [0.15, 0.2) is 0 Å². The van der Waals surface area contributed by atoms with E-state index in [-0.39, 0.29) is 0 Å². The average molecular weight is 345 g/mol. The predicted octanol–water partition coefficient (Wildman–Crippen LogP) is 4.52. The van der Waals surface area contributed by atoms with Crippen LogP contribution in [0.25, 0.3) is 11.0 Å². The molecule has 5 heteroatoms. The second kappa shape index (κ2) is 7.24. The number of benzene rings is 2. The third-order valence-corrected chi connectivity index (χ3v) is 4.51. The van der Waals surface area contributed by atoms with Gasteiger partial charge in [-0.05, 0) is 49.2 Å². The van der Waals surface area contributed by atoms with Gasteiger partial charge < -0.3 is 14.4 Å². The number of nitrogens with zero attached hydrogens (tertiary/aromatic N) is 2. The van der Waals surface area contributed by atoms with E-state index in [2.05, 4.69) is 4.98 Å². The van der Waals surface area contributed by atoms with Crippen molar-refractivity contribution in [3.8, 4) is 5.75 Å². The summed E-state index contributed by atoms with van der Waals surface area (Å²) in [5.74, 6) is 1.48. The van der Waals surface area contributed by atoms with Gasteiger partial charge in [0.05, 0.1) is 17.6 Å². The second-order valence-corrected chi connectivity index (χ2v) is 6.20. The lowest BCUT2D eigenvalue weighted by molar-refractivity contribution is 0.157. The quantitative estimate of drug-likeness (QED) is 0.715. The van der Waals surface area contributed by atoms with Crippen LogP contribution in [0.15, 0.2) is 42.5 Å². The van der Waals surface area contributed by atoms with Crippen LogP contribution < -0.4 is 4.74 Å². The first-order chi connectivity index (χ1) is 11.6. The third kappa shape index (κ3) is 3.40. The molecule has 0 fully saturated rings. The Hall–Kier alpha value is -2.04. The fraction of sp³-hybridized carbons (Fsp3) is 0.316. The van der Waals surface area contributed by atoms with Gasteiger partial charge in [0.25, 0.3) is 0 Å². The standard InChI is InChI=1S/C19H21ClN2O2/c1-3-18(23)19-21-16-6-4-5-7-17(16)22(19)10-11-24-14-8-9-15(20)13(2)12-14/h4-9,12,18,23H,3,10-11H2,1-2H3/t18-/m0/s1. The van der Waals surface area contributed by atoms with Crippen LogP contribution in [0.1, 0.15) is 30.8 Å². The number of imidazole rings is 1. The van der Waals surface area contributed by atoms with E-state index in [1.807, 2.05) is 60.9 Å². The Bertz CT molecular complexity index is 844. The zero-order valence-corrected chi connectivity index (χ0v) is 14.6. The molecule has 0 amide bonds. The molecule has 0 saturated carbocycles. The lowest BCUT2D eigenvalue weighted by atomic mass is 10.2. The zero-order valence-electron chi connectivity index (χ0n) is 13.9. The summed E-state index contributed by atoms with van der Waals surface area (Å²) in [5.41, 5.74) is 2.89. The van der Waals surface area contributed by atoms with Gasteiger partial charge in [-0.2, -0.15) is 0 Å². The fourth-order valence-corrected chi connectivity index (χ4v) is 2.85. The third-order valence-electron chi connectivity index (χ3n) is 4.08. The van der Waals surface area contributed by atoms with Crippen LogP contribution in [0.3, 0.4) is 0 Å². The number of aliphatic hydroxyl groups excluding tert-OH is 1. The van der Waals surface area contributed by atoms with E-state index < -0.39 is 6.10 Å². The van der Waals surface area contributed by atoms with Crippen LogP contribution in [0.2, 0.25) is 5.02 Å². The molecule has 4 nitrogen and oxygen atoms in total. The van der Waals surface area contributed by atoms with Crippen molar-refractivity contribution in [3.63, 3.8) is 0 Å². The minimum atomic E-state index is -0.574. The monoisotopic (exact) mass is 344 g/mol. The van der Waals surface area contributed by atoms with Gasteiger partial charge in [-0.15, -0.1) is 0 Å². The minimum absolute atomic E-state index is 0.491. The molecule has 24 heavy (non-hydrogen) atoms. The lowest BCUT2D eigenvalue weighted by Gasteiger charge is -2.13. The topological polar surface area (TPSA) is 47.3 Å². The molecule has 2 aromatic carbocycles. The van der Waals surface area contributed by atoms with Gasteiger partial charge in [-0.25, -0.2) is 4.98 Å². The summed E-state index contributed by atoms with van der Waals surface area (Å²) < 4.78 is 7.88. The maximum atomic E-state index is 10.3. The van der Waals surface area contributed by atoms with Crippen molar-refractivity contribution in [2.45, 2.75) is 32.9 Å². The summed E-state index contributed by atoms with van der Waals surface area (Å²) >= 11 is 6.04. The Morgan fingerprint density at radius 2 is 2.04 bits per heavy atom. The van der Waals surface area contributed by atoms with Gasteiger partial charge in [-0.3, -0.25) is 0 Å². The van der Waals surface area contributed by atoms with Crippen LogP contribution in [-0.4, -0.2) is 21.3 Å². The normalized spacial score (nSPS) is 12.5. The van der Waals surface area contributed by atoms with E-state index in [9.17, 15) is 5.11 Å². The summed E-state index contributed by atoms with van der Waals surface area (Å²) in [6.45, 7) is 5.01. The van der Waals surface area contributed by atoms with Crippen molar-refractivity contribution in [3.05, 3.63) is 58.9 Å². The van der Waals surface area contributed by atoms with E-state index in [4.69, 9.17) is 16.3 Å². The van der Waals surface area contributed by atoms with E-state index in [1.165, 1.54) is 0 Å². The molecule has 1 atom stereocenters. The van der Waals surface area contributed by atoms with Crippen molar-refractivity contribution < 1.29 is 9.84 Å². The summed E-state index contributed by atoms with van der Waals surface area (Å²) in [6, 6.07) is 13.5. The Morgan fingerprint density at radius 3 is 2.79 bits per heavy atom. The molecule has 0 aliphatic rings. The summed E-state index contributed by atoms with van der Waals surface area (Å²) in [6.07, 6.45) is 0.0516. The highest BCUT2D eigenvalue weighted by Gasteiger charge is 2.16. The molecule has 0 aliphatic heterocycles. The number of halogens is 1. The number of fused-ring (bicyclic) bond motifs is 1. The molecule has 1 aromatic heterocycles. The Kier molecular flexibility index (Phi) is 5.07. The number of aryl methyl sites for hydroxylation is 1. The molecule has 0 unspecified atom stereocenters. The van der Waals surface area contributed by atoms with E-state index in [0.29, 0.717) is 25.4 Å². The molecule has 0 spiro atoms. The van der Waals surface area contributed by atoms with Gasteiger partial charge in [-0.1, -0.05) is 30.7 Å². The zero-order chi connectivity index (χ0) is 17.1. The first kappa shape index (κ1) is 16.8. The van der Waals surface area contributed by atoms with E-state index in [1.54, 1.807) is 0 Å². The molecule has 3 rings (SSSR count). The number of ether oxygens (including phenoxy) is 1. The number of rotatable bonds is 6. The average Bonchev–Trinajstić information content (AvgIpc) is 2.96. The predicted molar refractivity (Wildman–Crippen MR) is 96.7 cm³/mol. The van der Waals surface area contributed by atoms with Crippen molar-refractivity contribution in [2.75, 3.05) is 6.61 Å². The number of aliphatic hydroxyl groups is 1. The second-order valence-electron chi connectivity index (χ2n) is 5.79. The lowest BCUT2D eigenvalue weighted by Crippen LogP contribution is -2.13. The number of para-hydroxylation sites is 2. The highest BCUT2D eigenvalue weighted by atomic mass is 35.5. The largest absolute Gasteiger partial charge is 0.492 e. The summed E-state index contributed by atoms with van der Waals surface area (Å²) in [5, 5.41) is 11.0. The van der Waals surface area contributed by atoms with Gasteiger partial charge in [0, 0.05) is 5.02 Å². The molecule has 0 aliphatic carbocycles. The van der Waals surface area contributed by atoms with Crippen LogP contribution in [0, 0.1) is 6.92 Å². The van der Waals surface area contributed by atoms with Gasteiger partial charge in [0.2, 0.25) is 0 Å². The fourth-order valence-electron chi connectivity index (χ4n) is 2.73. The molecule has 126 valence electrons. The highest BCUT2D eigenvalue weighted by Crippen LogP contribution is 2.24. The Balaban J connectivity index is 1.79. The molecular formula is C19H21ClN2O2. The highest BCUT2D eigenvalue weighted by molar-refractivity contribution is 6.31. The number of hydrogen-bond donors (Lipinski definition) is 1. The SMILES string of the molecule is CC[C@H](O)c1nc2ccccc2n1CCOc1ccc(Cl)c(C)c1. The van der Waals surface area contributed by atoms with Crippen LogP contribution in [0.5, 0.6) is 5.75 Å². The van der Waals surface area contributed by atoms with Crippen molar-refractivity contribution >= 4 is 22.6 Å². The van der Waals surface area contributed by atoms with E-state index >= 15 is 0 Å². The van der Waals surface area contributed by atoms with Crippen molar-refractivity contribution in [2.24, 2.45) is 0 Å². The molecule has 0 bridgehead atoms. The maximum absolute atomic E-state index is 10.3. The first-order valence-corrected chi connectivity index (χ1v) is 8.50. The minimum Gasteiger partial charge on any atom is -0.492 e. The number of hydrogen-bond acceptors (Lipinski definition) is 3. The molecule has 0 saturated heterocycles. The number of aromatic nitrogens is 2. The van der Waals surface area contributed by atoms with E-state index in [0.717, 1.165) is 27.4 Å². The van der Waals surface area contributed by atoms with Crippen LogP contribution in [-0.2, 0) is 6.54 Å². The first-order valence-electron chi connectivity index (χ1n) is 8.12. The van der Waals surface area contributed by atoms with Crippen LogP contribution >= 0.6 is 11.6 Å². The van der Waals surface area contributed by atoms with Crippen LogP contribution in [0.4, 0.5) is 0 Å². The van der Waals surface area contributed by atoms with Crippen molar-refractivity contribution in [1.82, 2.24) is 9.55 Å². The molecule has 0 radical (unpaired) electrons. The molecular weight excluding hydrogens is 324 g/mol. The summed E-state index contributed by atoms with van der Waals surface area (Å²) in [7, 11) is 0. The Morgan fingerprint density at radius 1 is 1.25 bits per heavy atom. The molecule has 3 aromatic rings. The maximum Gasteiger partial charge on any atom is 0.138 e. The van der Waals surface area contributed by atoms with Crippen molar-refractivity contribution in [1.29, 1.82) is 0 Å².